The molecule has 0 bridgehead atoms. The second kappa shape index (κ2) is 6.94. The van der Waals surface area contributed by atoms with Crippen LogP contribution >= 0.6 is 0 Å². The van der Waals surface area contributed by atoms with Crippen LogP contribution in [-0.4, -0.2) is 5.97 Å². The highest BCUT2D eigenvalue weighted by molar-refractivity contribution is 5.75. The van der Waals surface area contributed by atoms with E-state index in [0.717, 1.165) is 25.7 Å². The summed E-state index contributed by atoms with van der Waals surface area (Å²) in [5.41, 5.74) is 6.24. The van der Waals surface area contributed by atoms with Crippen molar-refractivity contribution in [2.75, 3.05) is 5.73 Å². The molecule has 1 rings (SSSR count). The van der Waals surface area contributed by atoms with E-state index in [4.69, 9.17) is 10.5 Å². The average molecular weight is 235 g/mol. The standard InChI is InChI=1S/C14H21NO2/c1-3-5-6-11(4-2)14(16)17-13-9-7-12(15)8-10-13/h7-11H,3-6,15H2,1-2H3. The lowest BCUT2D eigenvalue weighted by Crippen LogP contribution is -2.19. The first kappa shape index (κ1) is 13.6. The molecule has 0 aliphatic rings. The van der Waals surface area contributed by atoms with Crippen LogP contribution in [0, 0.1) is 5.92 Å². The minimum Gasteiger partial charge on any atom is -0.426 e. The Bertz CT molecular complexity index is 346. The molecule has 0 aliphatic heterocycles. The van der Waals surface area contributed by atoms with E-state index < -0.39 is 0 Å². The summed E-state index contributed by atoms with van der Waals surface area (Å²) in [5, 5.41) is 0. The van der Waals surface area contributed by atoms with Gasteiger partial charge in [0.05, 0.1) is 5.92 Å². The lowest BCUT2D eigenvalue weighted by Gasteiger charge is -2.13. The Balaban J connectivity index is 2.54. The number of nitrogens with two attached hydrogens (primary N) is 1. The Labute approximate surface area is 103 Å². The third-order valence-electron chi connectivity index (χ3n) is 2.83. The van der Waals surface area contributed by atoms with Gasteiger partial charge >= 0.3 is 5.97 Å². The van der Waals surface area contributed by atoms with Gasteiger partial charge in [-0.25, -0.2) is 0 Å². The largest absolute Gasteiger partial charge is 0.426 e. The quantitative estimate of drug-likeness (QED) is 0.467. The number of esters is 1. The highest BCUT2D eigenvalue weighted by Gasteiger charge is 2.17. The minimum atomic E-state index is -0.134. The number of hydrogen-bond donors (Lipinski definition) is 1. The first-order chi connectivity index (χ1) is 8.17. The maximum atomic E-state index is 11.9. The Kier molecular flexibility index (Phi) is 5.53. The third kappa shape index (κ3) is 4.47. The maximum Gasteiger partial charge on any atom is 0.314 e. The monoisotopic (exact) mass is 235 g/mol. The lowest BCUT2D eigenvalue weighted by molar-refractivity contribution is -0.139. The molecule has 0 aliphatic carbocycles. The van der Waals surface area contributed by atoms with Gasteiger partial charge in [-0.05, 0) is 37.1 Å². The molecule has 0 heterocycles. The molecule has 17 heavy (non-hydrogen) atoms. The van der Waals surface area contributed by atoms with Gasteiger partial charge in [-0.1, -0.05) is 26.7 Å². The first-order valence-corrected chi connectivity index (χ1v) is 6.24. The molecular weight excluding hydrogens is 214 g/mol. The summed E-state index contributed by atoms with van der Waals surface area (Å²) >= 11 is 0. The summed E-state index contributed by atoms with van der Waals surface area (Å²) in [7, 11) is 0. The SMILES string of the molecule is CCCCC(CC)C(=O)Oc1ccc(N)cc1. The minimum absolute atomic E-state index is 0.00695. The van der Waals surface area contributed by atoms with Crippen LogP contribution in [0.5, 0.6) is 5.75 Å². The number of hydrogen-bond acceptors (Lipinski definition) is 3. The number of carbonyl (C=O) groups excluding carboxylic acids is 1. The summed E-state index contributed by atoms with van der Waals surface area (Å²) in [6, 6.07) is 6.91. The fourth-order valence-corrected chi connectivity index (χ4v) is 1.67. The molecular formula is C14H21NO2. The zero-order valence-electron chi connectivity index (χ0n) is 10.6. The van der Waals surface area contributed by atoms with E-state index in [0.29, 0.717) is 11.4 Å². The third-order valence-corrected chi connectivity index (χ3v) is 2.83. The summed E-state index contributed by atoms with van der Waals surface area (Å²) < 4.78 is 5.32. The summed E-state index contributed by atoms with van der Waals surface area (Å²) in [4.78, 5) is 11.9. The number of nitrogen functional groups attached to an aromatic ring is 1. The molecule has 3 nitrogen and oxygen atoms in total. The van der Waals surface area contributed by atoms with Gasteiger partial charge < -0.3 is 10.5 Å². The van der Waals surface area contributed by atoms with Crippen molar-refractivity contribution in [1.82, 2.24) is 0 Å². The molecule has 1 atom stereocenters. The van der Waals surface area contributed by atoms with Gasteiger partial charge in [-0.15, -0.1) is 0 Å². The second-order valence-corrected chi connectivity index (χ2v) is 4.24. The number of rotatable bonds is 6. The molecule has 1 aromatic rings. The van der Waals surface area contributed by atoms with Crippen LogP contribution in [0.15, 0.2) is 24.3 Å². The predicted octanol–water partition coefficient (Wildman–Crippen LogP) is 3.39. The van der Waals surface area contributed by atoms with Crippen LogP contribution in [0.2, 0.25) is 0 Å². The van der Waals surface area contributed by atoms with Crippen LogP contribution < -0.4 is 10.5 Å². The number of ether oxygens (including phenoxy) is 1. The topological polar surface area (TPSA) is 52.3 Å². The molecule has 0 radical (unpaired) electrons. The second-order valence-electron chi connectivity index (χ2n) is 4.24. The molecule has 0 saturated heterocycles. The number of carbonyl (C=O) groups is 1. The van der Waals surface area contributed by atoms with E-state index in [1.807, 2.05) is 6.92 Å². The Hall–Kier alpha value is -1.51. The van der Waals surface area contributed by atoms with E-state index in [-0.39, 0.29) is 11.9 Å². The first-order valence-electron chi connectivity index (χ1n) is 6.24. The van der Waals surface area contributed by atoms with Crippen molar-refractivity contribution >= 4 is 11.7 Å². The van der Waals surface area contributed by atoms with Crippen molar-refractivity contribution in [3.8, 4) is 5.75 Å². The number of anilines is 1. The van der Waals surface area contributed by atoms with Gasteiger partial charge in [-0.2, -0.15) is 0 Å². The van der Waals surface area contributed by atoms with Crippen molar-refractivity contribution < 1.29 is 9.53 Å². The Morgan fingerprint density at radius 3 is 2.47 bits per heavy atom. The van der Waals surface area contributed by atoms with Crippen LogP contribution in [0.3, 0.4) is 0 Å². The van der Waals surface area contributed by atoms with Gasteiger partial charge in [0, 0.05) is 5.69 Å². The summed E-state index contributed by atoms with van der Waals surface area (Å²) in [6.45, 7) is 4.14. The molecule has 0 spiro atoms. The maximum absolute atomic E-state index is 11.9. The van der Waals surface area contributed by atoms with Crippen LogP contribution in [0.25, 0.3) is 0 Å². The van der Waals surface area contributed by atoms with Crippen molar-refractivity contribution in [3.05, 3.63) is 24.3 Å². The molecule has 0 aromatic heterocycles. The zero-order valence-corrected chi connectivity index (χ0v) is 10.6. The molecule has 94 valence electrons. The molecule has 0 amide bonds. The van der Waals surface area contributed by atoms with E-state index in [1.54, 1.807) is 24.3 Å². The number of unbranched alkanes of at least 4 members (excludes halogenated alkanes) is 1. The highest BCUT2D eigenvalue weighted by Crippen LogP contribution is 2.18. The predicted molar refractivity (Wildman–Crippen MR) is 69.8 cm³/mol. The van der Waals surface area contributed by atoms with Crippen LogP contribution in [0.4, 0.5) is 5.69 Å². The lowest BCUT2D eigenvalue weighted by atomic mass is 10.00. The van der Waals surface area contributed by atoms with Crippen LogP contribution in [0.1, 0.15) is 39.5 Å². The zero-order chi connectivity index (χ0) is 12.7. The molecule has 0 fully saturated rings. The normalized spacial score (nSPS) is 12.1. The van der Waals surface area contributed by atoms with Crippen LogP contribution in [-0.2, 0) is 4.79 Å². The number of benzene rings is 1. The van der Waals surface area contributed by atoms with E-state index in [1.165, 1.54) is 0 Å². The molecule has 1 unspecified atom stereocenters. The molecule has 3 heteroatoms. The van der Waals surface area contributed by atoms with Crippen molar-refractivity contribution in [1.29, 1.82) is 0 Å². The average Bonchev–Trinajstić information content (AvgIpc) is 2.33. The molecule has 1 aromatic carbocycles. The Morgan fingerprint density at radius 2 is 1.94 bits per heavy atom. The molecule has 2 N–H and O–H groups in total. The molecule has 0 saturated carbocycles. The summed E-state index contributed by atoms with van der Waals surface area (Å²) in [5.74, 6) is 0.442. The van der Waals surface area contributed by atoms with E-state index in [2.05, 4.69) is 6.92 Å². The van der Waals surface area contributed by atoms with Gasteiger partial charge in [0.1, 0.15) is 5.75 Å². The Morgan fingerprint density at radius 1 is 1.29 bits per heavy atom. The van der Waals surface area contributed by atoms with E-state index >= 15 is 0 Å². The van der Waals surface area contributed by atoms with Crippen molar-refractivity contribution in [2.45, 2.75) is 39.5 Å². The van der Waals surface area contributed by atoms with Crippen molar-refractivity contribution in [2.24, 2.45) is 5.92 Å². The van der Waals surface area contributed by atoms with Gasteiger partial charge in [0.2, 0.25) is 0 Å². The smallest absolute Gasteiger partial charge is 0.314 e. The summed E-state index contributed by atoms with van der Waals surface area (Å²) in [6.07, 6.45) is 3.90. The van der Waals surface area contributed by atoms with E-state index in [9.17, 15) is 4.79 Å². The van der Waals surface area contributed by atoms with Gasteiger partial charge in [0.15, 0.2) is 0 Å². The highest BCUT2D eigenvalue weighted by atomic mass is 16.5. The van der Waals surface area contributed by atoms with Gasteiger partial charge in [-0.3, -0.25) is 4.79 Å². The fourth-order valence-electron chi connectivity index (χ4n) is 1.67. The van der Waals surface area contributed by atoms with Gasteiger partial charge in [0.25, 0.3) is 0 Å². The van der Waals surface area contributed by atoms with Crippen molar-refractivity contribution in [3.63, 3.8) is 0 Å². The fraction of sp³-hybridized carbons (Fsp3) is 0.500.